The van der Waals surface area contributed by atoms with Gasteiger partial charge in [0.25, 0.3) is 0 Å². The van der Waals surface area contributed by atoms with Crippen LogP contribution in [0.15, 0.2) is 11.6 Å². The van der Waals surface area contributed by atoms with Gasteiger partial charge in [-0.25, -0.2) is 0 Å². The van der Waals surface area contributed by atoms with E-state index in [0.29, 0.717) is 17.3 Å². The van der Waals surface area contributed by atoms with E-state index in [-0.39, 0.29) is 12.1 Å². The number of allylic oxidation sites excluding steroid dienone is 1. The van der Waals surface area contributed by atoms with Gasteiger partial charge >= 0.3 is 5.97 Å². The van der Waals surface area contributed by atoms with Gasteiger partial charge in [-0.2, -0.15) is 0 Å². The first-order valence-corrected chi connectivity index (χ1v) is 19.6. The molecule has 0 radical (unpaired) electrons. The third-order valence-corrected chi connectivity index (χ3v) is 13.5. The number of unbranched alkanes of at least 4 members (excludes halogenated alkanes) is 10. The van der Waals surface area contributed by atoms with Crippen LogP contribution in [-0.2, 0) is 9.53 Å². The lowest BCUT2D eigenvalue weighted by atomic mass is 9.47. The lowest BCUT2D eigenvalue weighted by Gasteiger charge is -2.58. The Morgan fingerprint density at radius 2 is 1.49 bits per heavy atom. The van der Waals surface area contributed by atoms with Gasteiger partial charge in [0.15, 0.2) is 0 Å². The monoisotopic (exact) mass is 597 g/mol. The van der Waals surface area contributed by atoms with Crippen molar-refractivity contribution < 1.29 is 9.53 Å². The molecule has 0 N–H and O–H groups in total. The van der Waals surface area contributed by atoms with Gasteiger partial charge in [0.2, 0.25) is 0 Å². The largest absolute Gasteiger partial charge is 0.462 e. The van der Waals surface area contributed by atoms with Crippen LogP contribution in [0.4, 0.5) is 0 Å². The van der Waals surface area contributed by atoms with Crippen molar-refractivity contribution in [2.45, 2.75) is 195 Å². The van der Waals surface area contributed by atoms with E-state index >= 15 is 0 Å². The summed E-state index contributed by atoms with van der Waals surface area (Å²) < 4.78 is 6.11. The van der Waals surface area contributed by atoms with Gasteiger partial charge in [-0.3, -0.25) is 4.79 Å². The van der Waals surface area contributed by atoms with E-state index in [1.54, 1.807) is 5.57 Å². The number of hydrogen-bond acceptors (Lipinski definition) is 2. The van der Waals surface area contributed by atoms with Crippen LogP contribution in [0.2, 0.25) is 0 Å². The highest BCUT2D eigenvalue weighted by Gasteiger charge is 2.59. The third kappa shape index (κ3) is 8.93. The first-order valence-electron chi connectivity index (χ1n) is 19.6. The third-order valence-electron chi connectivity index (χ3n) is 13.5. The van der Waals surface area contributed by atoms with E-state index < -0.39 is 0 Å². The summed E-state index contributed by atoms with van der Waals surface area (Å²) in [6.07, 6.45) is 32.5. The molecule has 0 amide bonds. The number of carbonyl (C=O) groups excluding carboxylic acids is 1. The maximum absolute atomic E-state index is 12.7. The lowest BCUT2D eigenvalue weighted by molar-refractivity contribution is -0.151. The van der Waals surface area contributed by atoms with E-state index in [0.717, 1.165) is 54.8 Å². The smallest absolute Gasteiger partial charge is 0.306 e. The Labute approximate surface area is 268 Å². The molecule has 0 spiro atoms. The molecule has 0 heterocycles. The number of hydrogen-bond donors (Lipinski definition) is 0. The second kappa shape index (κ2) is 16.7. The van der Waals surface area contributed by atoms with Crippen LogP contribution < -0.4 is 0 Å². The normalized spacial score (nSPS) is 34.3. The molecule has 0 aliphatic heterocycles. The topological polar surface area (TPSA) is 26.3 Å². The van der Waals surface area contributed by atoms with Crippen molar-refractivity contribution in [1.82, 2.24) is 0 Å². The van der Waals surface area contributed by atoms with Crippen molar-refractivity contribution >= 4 is 5.97 Å². The second-order valence-electron chi connectivity index (χ2n) is 16.9. The van der Waals surface area contributed by atoms with Crippen LogP contribution in [0.3, 0.4) is 0 Å². The minimum atomic E-state index is 0.0618. The van der Waals surface area contributed by atoms with Crippen LogP contribution >= 0.6 is 0 Å². The lowest BCUT2D eigenvalue weighted by Crippen LogP contribution is -2.51. The van der Waals surface area contributed by atoms with Gasteiger partial charge in [0, 0.05) is 12.8 Å². The molecule has 3 saturated carbocycles. The predicted molar refractivity (Wildman–Crippen MR) is 184 cm³/mol. The molecule has 0 aromatic carbocycles. The van der Waals surface area contributed by atoms with Gasteiger partial charge in [-0.05, 0) is 97.7 Å². The fourth-order valence-electron chi connectivity index (χ4n) is 10.9. The molecule has 2 nitrogen and oxygen atoms in total. The molecule has 0 aromatic rings. The maximum atomic E-state index is 12.7. The van der Waals surface area contributed by atoms with Crippen LogP contribution in [0.5, 0.6) is 0 Å². The molecule has 2 heteroatoms. The Balaban J connectivity index is 1.19. The first kappa shape index (κ1) is 35.1. The summed E-state index contributed by atoms with van der Waals surface area (Å²) in [5.41, 5.74) is 2.54. The number of ether oxygens (including phenoxy) is 1. The Hall–Kier alpha value is -0.790. The van der Waals surface area contributed by atoms with Crippen LogP contribution in [0.1, 0.15) is 189 Å². The molecule has 0 bridgehead atoms. The summed E-state index contributed by atoms with van der Waals surface area (Å²) in [4.78, 5) is 12.7. The van der Waals surface area contributed by atoms with Crippen LogP contribution in [0, 0.1) is 46.3 Å². The Morgan fingerprint density at radius 3 is 2.16 bits per heavy atom. The highest BCUT2D eigenvalue weighted by Crippen LogP contribution is 2.67. The van der Waals surface area contributed by atoms with Crippen LogP contribution in [-0.4, -0.2) is 12.1 Å². The van der Waals surface area contributed by atoms with Gasteiger partial charge in [0.1, 0.15) is 6.10 Å². The Kier molecular flexibility index (Phi) is 13.6. The average molecular weight is 597 g/mol. The second-order valence-corrected chi connectivity index (χ2v) is 16.9. The molecule has 0 unspecified atom stereocenters. The summed E-state index contributed by atoms with van der Waals surface area (Å²) in [5.74, 6) is 5.34. The number of esters is 1. The molecule has 0 aromatic heterocycles. The van der Waals surface area contributed by atoms with Crippen LogP contribution in [0.25, 0.3) is 0 Å². The number of carbonyl (C=O) groups is 1. The summed E-state index contributed by atoms with van der Waals surface area (Å²) >= 11 is 0. The quantitative estimate of drug-likeness (QED) is 0.0893. The van der Waals surface area contributed by atoms with Crippen molar-refractivity contribution in [3.63, 3.8) is 0 Å². The van der Waals surface area contributed by atoms with E-state index in [1.807, 2.05) is 0 Å². The summed E-state index contributed by atoms with van der Waals surface area (Å²) in [6.45, 7) is 14.9. The highest BCUT2D eigenvalue weighted by molar-refractivity contribution is 5.69. The SMILES string of the molecule is CCCCCCCCCCCCCC(=O)O[C@H]1CC[C@@]2(C)C(=CC[C@H]3[C@@H]4CC[C@H]([C@@H](C)CCCC(C)C)[C@@]4(C)CC[C@@H]32)C1. The van der Waals surface area contributed by atoms with E-state index in [2.05, 4.69) is 47.6 Å². The minimum Gasteiger partial charge on any atom is -0.462 e. The highest BCUT2D eigenvalue weighted by atomic mass is 16.5. The van der Waals surface area contributed by atoms with Crippen molar-refractivity contribution in [2.75, 3.05) is 0 Å². The molecular weight excluding hydrogens is 524 g/mol. The van der Waals surface area contributed by atoms with Crippen molar-refractivity contribution in [3.8, 4) is 0 Å². The molecule has 3 fully saturated rings. The molecule has 248 valence electrons. The van der Waals surface area contributed by atoms with E-state index in [1.165, 1.54) is 122 Å². The molecule has 4 aliphatic rings. The summed E-state index contributed by atoms with van der Waals surface area (Å²) in [6, 6.07) is 0. The number of fused-ring (bicyclic) bond motifs is 5. The van der Waals surface area contributed by atoms with Gasteiger partial charge < -0.3 is 4.74 Å². The zero-order chi connectivity index (χ0) is 30.9. The van der Waals surface area contributed by atoms with E-state index in [9.17, 15) is 4.79 Å². The molecule has 4 rings (SSSR count). The molecule has 8 atom stereocenters. The zero-order valence-electron chi connectivity index (χ0n) is 29.7. The van der Waals surface area contributed by atoms with Gasteiger partial charge in [-0.15, -0.1) is 0 Å². The predicted octanol–water partition coefficient (Wildman–Crippen LogP) is 12.6. The first-order chi connectivity index (χ1) is 20.7. The average Bonchev–Trinajstić information content (AvgIpc) is 3.33. The van der Waals surface area contributed by atoms with Crippen molar-refractivity contribution in [1.29, 1.82) is 0 Å². The fourth-order valence-corrected chi connectivity index (χ4v) is 10.9. The molecular formula is C41H72O2. The van der Waals surface area contributed by atoms with Gasteiger partial charge in [0.05, 0.1) is 0 Å². The molecule has 43 heavy (non-hydrogen) atoms. The fraction of sp³-hybridized carbons (Fsp3) is 0.927. The Bertz CT molecular complexity index is 873. The summed E-state index contributed by atoms with van der Waals surface area (Å²) in [5, 5.41) is 0. The Morgan fingerprint density at radius 1 is 0.814 bits per heavy atom. The van der Waals surface area contributed by atoms with Crippen molar-refractivity contribution in [3.05, 3.63) is 11.6 Å². The minimum absolute atomic E-state index is 0.0618. The number of rotatable bonds is 18. The van der Waals surface area contributed by atoms with Crippen molar-refractivity contribution in [2.24, 2.45) is 46.3 Å². The van der Waals surface area contributed by atoms with Gasteiger partial charge in [-0.1, -0.05) is 137 Å². The standard InChI is InChI=1S/C41H72O2/c1-7-8-9-10-11-12-13-14-15-16-17-21-39(42)43-34-26-28-40(5)33(30-34)22-23-35-37-25-24-36(32(4)20-18-19-31(2)3)41(37,6)29-27-38(35)40/h22,31-32,34-38H,7-21,23-30H2,1-6H3/t32-,34-,35-,36+,37-,38-,40-,41+/m0/s1. The molecule has 4 aliphatic carbocycles. The zero-order valence-corrected chi connectivity index (χ0v) is 29.7. The van der Waals surface area contributed by atoms with E-state index in [4.69, 9.17) is 4.74 Å². The maximum Gasteiger partial charge on any atom is 0.306 e. The molecule has 0 saturated heterocycles. The summed E-state index contributed by atoms with van der Waals surface area (Å²) in [7, 11) is 0.